The van der Waals surface area contributed by atoms with Crippen molar-refractivity contribution in [3.63, 3.8) is 0 Å². The molecule has 0 saturated carbocycles. The Kier molecular flexibility index (Phi) is 1.57. The van der Waals surface area contributed by atoms with Crippen LogP contribution in [0.5, 0.6) is 0 Å². The first-order valence-corrected chi connectivity index (χ1v) is 4.68. The second kappa shape index (κ2) is 2.43. The molecule has 2 heterocycles. The standard InChI is InChI=1S/C6H3IN2S/c7-6-8-3-5-4(9-6)1-2-10-5/h1-3H. The molecule has 2 aromatic rings. The second-order valence-corrected chi connectivity index (χ2v) is 3.72. The van der Waals surface area contributed by atoms with E-state index in [0.717, 1.165) is 14.0 Å². The van der Waals surface area contributed by atoms with E-state index in [2.05, 4.69) is 32.6 Å². The Hall–Kier alpha value is -0.230. The molecule has 0 unspecified atom stereocenters. The summed E-state index contributed by atoms with van der Waals surface area (Å²) in [6.07, 6.45) is 1.86. The van der Waals surface area contributed by atoms with E-state index in [9.17, 15) is 0 Å². The van der Waals surface area contributed by atoms with Crippen LogP contribution >= 0.6 is 33.9 Å². The Bertz CT molecular complexity index is 357. The average molecular weight is 262 g/mol. The molecule has 2 aromatic heterocycles. The fourth-order valence-corrected chi connectivity index (χ4v) is 1.83. The zero-order chi connectivity index (χ0) is 6.97. The van der Waals surface area contributed by atoms with E-state index in [1.165, 1.54) is 0 Å². The van der Waals surface area contributed by atoms with Crippen LogP contribution in [0.1, 0.15) is 0 Å². The summed E-state index contributed by atoms with van der Waals surface area (Å²) in [5.74, 6) is 0. The maximum absolute atomic E-state index is 4.22. The lowest BCUT2D eigenvalue weighted by atomic mass is 10.5. The highest BCUT2D eigenvalue weighted by Crippen LogP contribution is 2.17. The van der Waals surface area contributed by atoms with E-state index in [-0.39, 0.29) is 0 Å². The molecule has 2 nitrogen and oxygen atoms in total. The van der Waals surface area contributed by atoms with Crippen molar-refractivity contribution in [2.24, 2.45) is 0 Å². The van der Waals surface area contributed by atoms with Gasteiger partial charge in [-0.05, 0) is 11.4 Å². The minimum Gasteiger partial charge on any atom is -0.230 e. The largest absolute Gasteiger partial charge is 0.230 e. The Balaban J connectivity index is 2.86. The van der Waals surface area contributed by atoms with Crippen LogP contribution in [-0.2, 0) is 0 Å². The summed E-state index contributed by atoms with van der Waals surface area (Å²) in [6.45, 7) is 0. The minimum absolute atomic E-state index is 0.809. The molecule has 0 radical (unpaired) electrons. The Labute approximate surface area is 75.5 Å². The normalized spacial score (nSPS) is 10.5. The van der Waals surface area contributed by atoms with E-state index in [0.29, 0.717) is 0 Å². The third-order valence-corrected chi connectivity index (χ3v) is 2.53. The van der Waals surface area contributed by atoms with Crippen molar-refractivity contribution >= 4 is 44.1 Å². The highest BCUT2D eigenvalue weighted by molar-refractivity contribution is 14.1. The summed E-state index contributed by atoms with van der Waals surface area (Å²) in [7, 11) is 0. The molecule has 0 fully saturated rings. The Morgan fingerprint density at radius 2 is 2.40 bits per heavy atom. The first-order chi connectivity index (χ1) is 4.86. The summed E-state index contributed by atoms with van der Waals surface area (Å²) in [4.78, 5) is 8.29. The summed E-state index contributed by atoms with van der Waals surface area (Å²) in [6, 6.07) is 2.00. The van der Waals surface area contributed by atoms with E-state index in [1.54, 1.807) is 11.3 Å². The van der Waals surface area contributed by atoms with Gasteiger partial charge in [0, 0.05) is 28.8 Å². The first-order valence-electron chi connectivity index (χ1n) is 2.72. The number of fused-ring (bicyclic) bond motifs is 1. The van der Waals surface area contributed by atoms with Crippen molar-refractivity contribution in [3.05, 3.63) is 21.5 Å². The number of hydrogen-bond acceptors (Lipinski definition) is 3. The predicted molar refractivity (Wildman–Crippen MR) is 50.1 cm³/mol. The molecule has 4 heteroatoms. The molecule has 2 rings (SSSR count). The molecule has 50 valence electrons. The zero-order valence-electron chi connectivity index (χ0n) is 4.91. The van der Waals surface area contributed by atoms with Gasteiger partial charge in [-0.3, -0.25) is 0 Å². The van der Waals surface area contributed by atoms with E-state index in [1.807, 2.05) is 17.6 Å². The number of halogens is 1. The van der Waals surface area contributed by atoms with Crippen molar-refractivity contribution in [3.8, 4) is 0 Å². The van der Waals surface area contributed by atoms with Crippen molar-refractivity contribution in [2.75, 3.05) is 0 Å². The molecule has 0 spiro atoms. The summed E-state index contributed by atoms with van der Waals surface area (Å²) in [5.41, 5.74) is 1.05. The smallest absolute Gasteiger partial charge is 0.191 e. The summed E-state index contributed by atoms with van der Waals surface area (Å²) >= 11 is 3.78. The molecule has 0 aliphatic carbocycles. The molecule has 0 aliphatic rings. The van der Waals surface area contributed by atoms with Crippen molar-refractivity contribution in [2.45, 2.75) is 0 Å². The SMILES string of the molecule is Ic1ncc2sccc2n1. The molecule has 10 heavy (non-hydrogen) atoms. The molecule has 0 bridgehead atoms. The highest BCUT2D eigenvalue weighted by atomic mass is 127. The van der Waals surface area contributed by atoms with Gasteiger partial charge < -0.3 is 0 Å². The Morgan fingerprint density at radius 1 is 1.50 bits per heavy atom. The third-order valence-electron chi connectivity index (χ3n) is 1.17. The maximum atomic E-state index is 4.22. The fraction of sp³-hybridized carbons (Fsp3) is 0. The van der Waals surface area contributed by atoms with Gasteiger partial charge in [0.05, 0.1) is 10.2 Å². The lowest BCUT2D eigenvalue weighted by Gasteiger charge is -1.86. The van der Waals surface area contributed by atoms with Crippen LogP contribution in [0, 0.1) is 3.83 Å². The van der Waals surface area contributed by atoms with Gasteiger partial charge in [-0.25, -0.2) is 9.97 Å². The topological polar surface area (TPSA) is 25.8 Å². The van der Waals surface area contributed by atoms with Crippen LogP contribution in [0.2, 0.25) is 0 Å². The van der Waals surface area contributed by atoms with Crippen LogP contribution in [-0.4, -0.2) is 9.97 Å². The number of nitrogens with zero attached hydrogens (tertiary/aromatic N) is 2. The van der Waals surface area contributed by atoms with Crippen molar-refractivity contribution in [1.29, 1.82) is 0 Å². The predicted octanol–water partition coefficient (Wildman–Crippen LogP) is 2.30. The van der Waals surface area contributed by atoms with Gasteiger partial charge in [0.1, 0.15) is 0 Å². The molecule has 0 atom stereocenters. The van der Waals surface area contributed by atoms with E-state index in [4.69, 9.17) is 0 Å². The van der Waals surface area contributed by atoms with Crippen LogP contribution in [0.15, 0.2) is 17.6 Å². The zero-order valence-corrected chi connectivity index (χ0v) is 7.89. The van der Waals surface area contributed by atoms with Gasteiger partial charge in [0.2, 0.25) is 0 Å². The number of aromatic nitrogens is 2. The van der Waals surface area contributed by atoms with Gasteiger partial charge in [0.15, 0.2) is 3.83 Å². The van der Waals surface area contributed by atoms with Crippen LogP contribution in [0.25, 0.3) is 10.2 Å². The quantitative estimate of drug-likeness (QED) is 0.537. The van der Waals surface area contributed by atoms with E-state index < -0.39 is 0 Å². The first kappa shape index (κ1) is 6.48. The van der Waals surface area contributed by atoms with Crippen LogP contribution in [0.3, 0.4) is 0 Å². The Morgan fingerprint density at radius 3 is 3.30 bits per heavy atom. The van der Waals surface area contributed by atoms with Crippen LogP contribution in [0.4, 0.5) is 0 Å². The maximum Gasteiger partial charge on any atom is 0.191 e. The molecule has 0 aromatic carbocycles. The van der Waals surface area contributed by atoms with Gasteiger partial charge in [0.25, 0.3) is 0 Å². The summed E-state index contributed by atoms with van der Waals surface area (Å²) in [5, 5.41) is 2.02. The lowest BCUT2D eigenvalue weighted by molar-refractivity contribution is 1.16. The number of rotatable bonds is 0. The third kappa shape index (κ3) is 1.01. The lowest BCUT2D eigenvalue weighted by Crippen LogP contribution is -1.82. The molecule has 0 aliphatic heterocycles. The number of hydrogen-bond donors (Lipinski definition) is 0. The van der Waals surface area contributed by atoms with Gasteiger partial charge in [-0.1, -0.05) is 0 Å². The number of thiophene rings is 1. The van der Waals surface area contributed by atoms with Gasteiger partial charge >= 0.3 is 0 Å². The minimum atomic E-state index is 0.809. The molecule has 0 saturated heterocycles. The summed E-state index contributed by atoms with van der Waals surface area (Å²) < 4.78 is 1.96. The van der Waals surface area contributed by atoms with Crippen molar-refractivity contribution in [1.82, 2.24) is 9.97 Å². The molecular weight excluding hydrogens is 259 g/mol. The fourth-order valence-electron chi connectivity index (χ4n) is 0.743. The van der Waals surface area contributed by atoms with Crippen molar-refractivity contribution < 1.29 is 0 Å². The van der Waals surface area contributed by atoms with Gasteiger partial charge in [-0.2, -0.15) is 0 Å². The molecular formula is C6H3IN2S. The monoisotopic (exact) mass is 262 g/mol. The average Bonchev–Trinajstić information content (AvgIpc) is 2.33. The molecule has 0 N–H and O–H groups in total. The second-order valence-electron chi connectivity index (χ2n) is 1.81. The van der Waals surface area contributed by atoms with E-state index >= 15 is 0 Å². The van der Waals surface area contributed by atoms with Gasteiger partial charge in [-0.15, -0.1) is 11.3 Å². The molecule has 0 amide bonds. The van der Waals surface area contributed by atoms with Crippen LogP contribution < -0.4 is 0 Å². The highest BCUT2D eigenvalue weighted by Gasteiger charge is 1.95.